The first-order chi connectivity index (χ1) is 4.95. The molecule has 1 amide bonds. The summed E-state index contributed by atoms with van der Waals surface area (Å²) in [6.07, 6.45) is -0.741. The number of hydrogen-bond donors (Lipinski definition) is 3. The molecule has 0 aliphatic carbocycles. The Morgan fingerprint density at radius 2 is 1.91 bits per heavy atom. The van der Waals surface area contributed by atoms with Crippen LogP contribution in [0, 0.1) is 0 Å². The minimum absolute atomic E-state index is 0.141. The minimum atomic E-state index is -0.741. The topological polar surface area (TPSA) is 75.3 Å². The maximum atomic E-state index is 10.7. The number of aliphatic hydroxyl groups is 1. The molecule has 0 spiro atoms. The van der Waals surface area contributed by atoms with Crippen molar-refractivity contribution in [3.05, 3.63) is 0 Å². The van der Waals surface area contributed by atoms with Crippen molar-refractivity contribution in [2.24, 2.45) is 5.73 Å². The normalized spacial score (nSPS) is 16.5. The summed E-state index contributed by atoms with van der Waals surface area (Å²) in [6, 6.07) is -0.503. The molecule has 0 aromatic heterocycles. The van der Waals surface area contributed by atoms with Gasteiger partial charge in [-0.25, -0.2) is 0 Å². The molecule has 0 saturated carbocycles. The summed E-state index contributed by atoms with van der Waals surface area (Å²) < 4.78 is 0. The van der Waals surface area contributed by atoms with Crippen molar-refractivity contribution in [2.75, 3.05) is 0 Å². The molecule has 0 unspecified atom stereocenters. The van der Waals surface area contributed by atoms with Crippen molar-refractivity contribution in [3.8, 4) is 0 Å². The molecule has 4 heteroatoms. The van der Waals surface area contributed by atoms with Gasteiger partial charge in [-0.05, 0) is 6.92 Å². The van der Waals surface area contributed by atoms with E-state index in [4.69, 9.17) is 10.8 Å². The number of hydrogen-bond acceptors (Lipinski definition) is 3. The van der Waals surface area contributed by atoms with Crippen LogP contribution in [0.15, 0.2) is 0 Å². The summed E-state index contributed by atoms with van der Waals surface area (Å²) in [5, 5.41) is 11.9. The zero-order chi connectivity index (χ0) is 9.02. The second-order valence-electron chi connectivity index (χ2n) is 2.94. The molecule has 0 aliphatic rings. The largest absolute Gasteiger partial charge is 0.391 e. The average Bonchev–Trinajstić information content (AvgIpc) is 1.81. The molecule has 0 rings (SSSR count). The van der Waals surface area contributed by atoms with Crippen LogP contribution in [-0.4, -0.2) is 29.2 Å². The van der Waals surface area contributed by atoms with Crippen LogP contribution in [0.5, 0.6) is 0 Å². The van der Waals surface area contributed by atoms with Crippen LogP contribution in [0.1, 0.15) is 20.8 Å². The van der Waals surface area contributed by atoms with Gasteiger partial charge in [-0.2, -0.15) is 0 Å². The van der Waals surface area contributed by atoms with Crippen molar-refractivity contribution in [3.63, 3.8) is 0 Å². The summed E-state index contributed by atoms with van der Waals surface area (Å²) in [7, 11) is 0. The standard InChI is InChI=1S/C7H16N2O2/c1-4(2)9-6(5(3)10)7(8)11/h4-6,9-10H,1-3H3,(H2,8,11)/t5-,6+/m1/s1. The van der Waals surface area contributed by atoms with Gasteiger partial charge in [-0.15, -0.1) is 0 Å². The van der Waals surface area contributed by atoms with E-state index in [1.807, 2.05) is 13.8 Å². The van der Waals surface area contributed by atoms with Gasteiger partial charge >= 0.3 is 0 Å². The predicted octanol–water partition coefficient (Wildman–Crippen LogP) is -0.781. The quantitative estimate of drug-likeness (QED) is 0.505. The van der Waals surface area contributed by atoms with Gasteiger partial charge in [0.15, 0.2) is 0 Å². The van der Waals surface area contributed by atoms with E-state index in [-0.39, 0.29) is 6.04 Å². The van der Waals surface area contributed by atoms with Gasteiger partial charge in [0.2, 0.25) is 5.91 Å². The fraction of sp³-hybridized carbons (Fsp3) is 0.857. The van der Waals surface area contributed by atoms with Crippen LogP contribution in [0.2, 0.25) is 0 Å². The smallest absolute Gasteiger partial charge is 0.237 e. The second kappa shape index (κ2) is 4.31. The van der Waals surface area contributed by atoms with Gasteiger partial charge in [0.1, 0.15) is 6.04 Å². The van der Waals surface area contributed by atoms with Gasteiger partial charge in [-0.1, -0.05) is 13.8 Å². The Hall–Kier alpha value is -0.610. The van der Waals surface area contributed by atoms with E-state index in [9.17, 15) is 4.79 Å². The van der Waals surface area contributed by atoms with Gasteiger partial charge in [0.05, 0.1) is 6.10 Å². The highest BCUT2D eigenvalue weighted by Gasteiger charge is 2.20. The number of rotatable bonds is 4. The van der Waals surface area contributed by atoms with Crippen molar-refractivity contribution in [1.82, 2.24) is 5.32 Å². The monoisotopic (exact) mass is 160 g/mol. The Balaban J connectivity index is 4.01. The molecule has 0 aromatic rings. The molecular weight excluding hydrogens is 144 g/mol. The summed E-state index contributed by atoms with van der Waals surface area (Å²) in [4.78, 5) is 10.7. The Bertz CT molecular complexity index is 134. The molecule has 0 aliphatic heterocycles. The summed E-state index contributed by atoms with van der Waals surface area (Å²) in [6.45, 7) is 5.31. The Morgan fingerprint density at radius 1 is 1.45 bits per heavy atom. The minimum Gasteiger partial charge on any atom is -0.391 e. The average molecular weight is 160 g/mol. The Labute approximate surface area is 66.8 Å². The van der Waals surface area contributed by atoms with Crippen molar-refractivity contribution in [1.29, 1.82) is 0 Å². The summed E-state index contributed by atoms with van der Waals surface area (Å²) in [5.41, 5.74) is 5.02. The van der Waals surface area contributed by atoms with E-state index in [1.54, 1.807) is 0 Å². The number of nitrogens with one attached hydrogen (secondary N) is 1. The summed E-state index contributed by atoms with van der Waals surface area (Å²) in [5.74, 6) is -0.520. The van der Waals surface area contributed by atoms with E-state index < -0.39 is 18.1 Å². The van der Waals surface area contributed by atoms with Gasteiger partial charge in [0, 0.05) is 6.04 Å². The number of carbonyl (C=O) groups is 1. The maximum Gasteiger partial charge on any atom is 0.237 e. The lowest BCUT2D eigenvalue weighted by Crippen LogP contribution is -2.50. The molecule has 0 heterocycles. The lowest BCUT2D eigenvalue weighted by Gasteiger charge is -2.20. The Morgan fingerprint density at radius 3 is 2.00 bits per heavy atom. The molecule has 0 radical (unpaired) electrons. The predicted molar refractivity (Wildman–Crippen MR) is 42.9 cm³/mol. The lowest BCUT2D eigenvalue weighted by atomic mass is 10.1. The number of primary amides is 1. The number of carbonyl (C=O) groups excluding carboxylic acids is 1. The van der Waals surface area contributed by atoms with Crippen molar-refractivity contribution >= 4 is 5.91 Å². The van der Waals surface area contributed by atoms with E-state index in [1.165, 1.54) is 6.92 Å². The van der Waals surface area contributed by atoms with Gasteiger partial charge < -0.3 is 16.2 Å². The van der Waals surface area contributed by atoms with Crippen molar-refractivity contribution in [2.45, 2.75) is 39.0 Å². The number of amides is 1. The van der Waals surface area contributed by atoms with Crippen LogP contribution in [0.4, 0.5) is 0 Å². The molecule has 2 atom stereocenters. The zero-order valence-corrected chi connectivity index (χ0v) is 7.16. The zero-order valence-electron chi connectivity index (χ0n) is 7.16. The van der Waals surface area contributed by atoms with Crippen LogP contribution in [-0.2, 0) is 4.79 Å². The highest BCUT2D eigenvalue weighted by Crippen LogP contribution is 1.93. The van der Waals surface area contributed by atoms with E-state index in [2.05, 4.69) is 5.32 Å². The highest BCUT2D eigenvalue weighted by atomic mass is 16.3. The molecule has 0 fully saturated rings. The molecule has 4 N–H and O–H groups in total. The first kappa shape index (κ1) is 10.4. The maximum absolute atomic E-state index is 10.7. The van der Waals surface area contributed by atoms with E-state index in [0.717, 1.165) is 0 Å². The van der Waals surface area contributed by atoms with Crippen LogP contribution >= 0.6 is 0 Å². The number of aliphatic hydroxyl groups excluding tert-OH is 1. The fourth-order valence-electron chi connectivity index (χ4n) is 0.818. The molecule has 4 nitrogen and oxygen atoms in total. The molecule has 0 bridgehead atoms. The lowest BCUT2D eigenvalue weighted by molar-refractivity contribution is -0.122. The van der Waals surface area contributed by atoms with Crippen LogP contribution < -0.4 is 11.1 Å². The first-order valence-corrected chi connectivity index (χ1v) is 3.68. The fourth-order valence-corrected chi connectivity index (χ4v) is 0.818. The van der Waals surface area contributed by atoms with Crippen molar-refractivity contribution < 1.29 is 9.90 Å². The third-order valence-electron chi connectivity index (χ3n) is 1.30. The third kappa shape index (κ3) is 3.95. The second-order valence-corrected chi connectivity index (χ2v) is 2.94. The Kier molecular flexibility index (Phi) is 4.07. The van der Waals surface area contributed by atoms with E-state index >= 15 is 0 Å². The summed E-state index contributed by atoms with van der Waals surface area (Å²) >= 11 is 0. The molecule has 0 saturated heterocycles. The first-order valence-electron chi connectivity index (χ1n) is 3.68. The highest BCUT2D eigenvalue weighted by molar-refractivity contribution is 5.80. The molecule has 66 valence electrons. The van der Waals surface area contributed by atoms with Gasteiger partial charge in [-0.3, -0.25) is 4.79 Å². The van der Waals surface area contributed by atoms with Crippen LogP contribution in [0.25, 0.3) is 0 Å². The molecular formula is C7H16N2O2. The van der Waals surface area contributed by atoms with Crippen LogP contribution in [0.3, 0.4) is 0 Å². The SMILES string of the molecule is CC(C)N[C@H](C(N)=O)[C@@H](C)O. The molecule has 0 aromatic carbocycles. The van der Waals surface area contributed by atoms with Gasteiger partial charge in [0.25, 0.3) is 0 Å². The number of nitrogens with two attached hydrogens (primary N) is 1. The third-order valence-corrected chi connectivity index (χ3v) is 1.30. The molecule has 11 heavy (non-hydrogen) atoms. The van der Waals surface area contributed by atoms with E-state index in [0.29, 0.717) is 0 Å².